The molecule has 292 valence electrons. The molecule has 12 nitrogen and oxygen atoms in total. The Hall–Kier alpha value is -4.42. The highest BCUT2D eigenvalue weighted by Crippen LogP contribution is 2.46. The van der Waals surface area contributed by atoms with Crippen LogP contribution in [0.1, 0.15) is 75.0 Å². The molecular formula is C42H48NO11P. The van der Waals surface area contributed by atoms with Gasteiger partial charge < -0.3 is 41.6 Å². The van der Waals surface area contributed by atoms with E-state index < -0.39 is 62.0 Å². The van der Waals surface area contributed by atoms with E-state index in [1.165, 1.54) is 13.3 Å². The maximum atomic E-state index is 13.8. The van der Waals surface area contributed by atoms with E-state index in [1.807, 2.05) is 54.6 Å². The van der Waals surface area contributed by atoms with E-state index in [1.54, 1.807) is 32.4 Å². The maximum absolute atomic E-state index is 13.8. The number of hydrogen-bond acceptors (Lipinski definition) is 12. The van der Waals surface area contributed by atoms with Crippen LogP contribution < -0.4 is 14.0 Å². The van der Waals surface area contributed by atoms with E-state index >= 15 is 0 Å². The number of rotatable bonds is 8. The Bertz CT molecular complexity index is 2090. The van der Waals surface area contributed by atoms with Gasteiger partial charge in [0, 0.05) is 40.8 Å². The van der Waals surface area contributed by atoms with Crippen LogP contribution in [0.15, 0.2) is 87.4 Å². The molecule has 6 atom stereocenters. The molecule has 5 aromatic rings. The minimum absolute atomic E-state index is 0.119. The van der Waals surface area contributed by atoms with Crippen LogP contribution in [0.3, 0.4) is 0 Å². The lowest BCUT2D eigenvalue weighted by Gasteiger charge is -2.47. The molecule has 55 heavy (non-hydrogen) atoms. The van der Waals surface area contributed by atoms with E-state index in [0.29, 0.717) is 22.7 Å². The quantitative estimate of drug-likeness (QED) is 0.140. The lowest BCUT2D eigenvalue weighted by atomic mass is 9.84. The fourth-order valence-corrected chi connectivity index (χ4v) is 8.12. The van der Waals surface area contributed by atoms with Gasteiger partial charge in [0.2, 0.25) is 0 Å². The predicted octanol–water partition coefficient (Wildman–Crippen LogP) is 8.81. The highest BCUT2D eigenvalue weighted by atomic mass is 31.1. The van der Waals surface area contributed by atoms with Gasteiger partial charge in [-0.15, -0.1) is 0 Å². The summed E-state index contributed by atoms with van der Waals surface area (Å²) < 4.78 is 63.7. The first kappa shape index (κ1) is 38.8. The monoisotopic (exact) mass is 773 g/mol. The summed E-state index contributed by atoms with van der Waals surface area (Å²) in [6.45, 7) is 12.7. The molecule has 0 amide bonds. The van der Waals surface area contributed by atoms with E-state index in [9.17, 15) is 4.79 Å². The molecule has 0 radical (unpaired) electrons. The molecule has 2 aliphatic heterocycles. The number of carbonyl (C=O) groups excluding carboxylic acids is 1. The summed E-state index contributed by atoms with van der Waals surface area (Å²) in [4.78, 5) is 18.0. The molecule has 2 aliphatic rings. The first-order valence-corrected chi connectivity index (χ1v) is 19.3. The second-order valence-electron chi connectivity index (χ2n) is 15.6. The Morgan fingerprint density at radius 1 is 0.764 bits per heavy atom. The van der Waals surface area contributed by atoms with Gasteiger partial charge in [-0.2, -0.15) is 0 Å². The molecule has 1 unspecified atom stereocenters. The van der Waals surface area contributed by atoms with Crippen LogP contribution >= 0.6 is 8.24 Å². The average Bonchev–Trinajstić information content (AvgIpc) is 3.33. The summed E-state index contributed by atoms with van der Waals surface area (Å²) in [7, 11) is 2.47. The van der Waals surface area contributed by atoms with Crippen molar-refractivity contribution < 1.29 is 50.9 Å². The number of aromatic nitrogens is 1. The molecule has 3 aromatic carbocycles. The number of benzene rings is 3. The third kappa shape index (κ3) is 7.98. The predicted molar refractivity (Wildman–Crippen MR) is 206 cm³/mol. The lowest BCUT2D eigenvalue weighted by molar-refractivity contribution is -0.351. The molecule has 0 aliphatic carbocycles. The summed E-state index contributed by atoms with van der Waals surface area (Å²) in [5.41, 5.74) is 2.98. The van der Waals surface area contributed by atoms with Crippen LogP contribution in [0.4, 0.5) is 0 Å². The van der Waals surface area contributed by atoms with E-state index in [4.69, 9.17) is 46.1 Å². The average molecular weight is 774 g/mol. The number of nitrogens with zero attached hydrogens (tertiary/aromatic N) is 1. The van der Waals surface area contributed by atoms with Gasteiger partial charge in [-0.25, -0.2) is 9.78 Å². The van der Waals surface area contributed by atoms with Crippen molar-refractivity contribution in [1.29, 1.82) is 0 Å². The third-order valence-corrected chi connectivity index (χ3v) is 10.8. The Labute approximate surface area is 321 Å². The van der Waals surface area contributed by atoms with Crippen LogP contribution in [-0.4, -0.2) is 69.6 Å². The number of esters is 1. The number of hydrogen-bond donors (Lipinski definition) is 0. The van der Waals surface area contributed by atoms with Crippen molar-refractivity contribution in [2.24, 2.45) is 0 Å². The summed E-state index contributed by atoms with van der Waals surface area (Å²) in [5.74, 6) is 0.641. The van der Waals surface area contributed by atoms with Gasteiger partial charge in [0.05, 0.1) is 20.8 Å². The number of pyridine rings is 1. The van der Waals surface area contributed by atoms with Crippen molar-refractivity contribution in [2.45, 2.75) is 89.4 Å². The minimum Gasteiger partial charge on any atom is -0.497 e. The highest BCUT2D eigenvalue weighted by molar-refractivity contribution is 7.31. The molecule has 0 N–H and O–H groups in total. The smallest absolute Gasteiger partial charge is 0.388 e. The Morgan fingerprint density at radius 3 is 1.89 bits per heavy atom. The molecule has 2 saturated heterocycles. The van der Waals surface area contributed by atoms with Crippen LogP contribution in [0.25, 0.3) is 21.9 Å². The van der Waals surface area contributed by atoms with Gasteiger partial charge in [-0.1, -0.05) is 77.9 Å². The second kappa shape index (κ2) is 15.6. The van der Waals surface area contributed by atoms with Crippen molar-refractivity contribution in [3.05, 3.63) is 101 Å². The number of carbonyl (C=O) groups is 1. The zero-order valence-corrected chi connectivity index (χ0v) is 33.5. The number of ether oxygens (including phenoxy) is 7. The minimum atomic E-state index is -2.30. The zero-order chi connectivity index (χ0) is 39.1. The fourth-order valence-electron chi connectivity index (χ4n) is 6.89. The van der Waals surface area contributed by atoms with Crippen LogP contribution in [0.5, 0.6) is 11.5 Å². The largest absolute Gasteiger partial charge is 0.497 e. The standard InChI is InChI=1S/C42H48NO11P/c1-41(2,3)29-21-25(45-7)19-27-28-20-26(46-8)22-30(42(4,5)6)34(28)53-55(52-33(27)29)54-37-36(50-38(44)31-17-13-14-18-43-31)35-32(49-40(37)47-9)23-48-39(51-35)24-15-11-10-12-16-24/h10-22,32,35-37,39-40H,23H2,1-9H3/t32-,35-,36+,37-,39?,40+/m1/s1. The molecule has 4 heterocycles. The Balaban J connectivity index is 1.43. The first-order chi connectivity index (χ1) is 26.3. The SMILES string of the molecule is COc1cc(C(C)(C)C)c2op(O[C@H]3[C@@H](OC)O[C@@H]4COC(c5ccccc5)O[C@H]4[C@@H]3OC(=O)c3ccccn3)oc3c(C(C)(C)C)cc(OC)cc3c2c1. The van der Waals surface area contributed by atoms with Gasteiger partial charge in [0.15, 0.2) is 24.8 Å². The van der Waals surface area contributed by atoms with Gasteiger partial charge in [-0.3, -0.25) is 4.52 Å². The van der Waals surface area contributed by atoms with Crippen molar-refractivity contribution >= 4 is 36.1 Å². The van der Waals surface area contributed by atoms with Gasteiger partial charge in [-0.05, 0) is 47.2 Å². The molecule has 2 aromatic heterocycles. The van der Waals surface area contributed by atoms with Crippen molar-refractivity contribution in [2.75, 3.05) is 27.9 Å². The first-order valence-electron chi connectivity index (χ1n) is 18.2. The summed E-state index contributed by atoms with van der Waals surface area (Å²) >= 11 is 0. The molecule has 0 bridgehead atoms. The van der Waals surface area contributed by atoms with Crippen molar-refractivity contribution in [1.82, 2.24) is 4.98 Å². The topological polar surface area (TPSA) is 130 Å². The van der Waals surface area contributed by atoms with Gasteiger partial charge in [0.1, 0.15) is 40.6 Å². The van der Waals surface area contributed by atoms with Crippen molar-refractivity contribution in [3.63, 3.8) is 0 Å². The van der Waals surface area contributed by atoms with Crippen LogP contribution in [-0.2, 0) is 34.5 Å². The molecule has 2 fully saturated rings. The second-order valence-corrected chi connectivity index (χ2v) is 16.6. The third-order valence-electron chi connectivity index (χ3n) is 9.75. The van der Waals surface area contributed by atoms with E-state index in [-0.39, 0.29) is 12.3 Å². The molecule has 0 saturated carbocycles. The van der Waals surface area contributed by atoms with Crippen molar-refractivity contribution in [3.8, 4) is 11.5 Å². The molecular weight excluding hydrogens is 725 g/mol. The summed E-state index contributed by atoms with van der Waals surface area (Å²) in [6.07, 6.45) is -3.97. The van der Waals surface area contributed by atoms with Gasteiger partial charge >= 0.3 is 14.2 Å². The summed E-state index contributed by atoms with van der Waals surface area (Å²) in [6, 6.07) is 22.3. The number of methoxy groups -OCH3 is 3. The molecule has 7 rings (SSSR count). The maximum Gasteiger partial charge on any atom is 0.388 e. The highest BCUT2D eigenvalue weighted by Gasteiger charge is 2.54. The normalized spacial score (nSPS) is 22.9. The Kier molecular flexibility index (Phi) is 11.0. The van der Waals surface area contributed by atoms with Crippen LogP contribution in [0, 0.1) is 0 Å². The molecule has 0 spiro atoms. The van der Waals surface area contributed by atoms with E-state index in [2.05, 4.69) is 46.5 Å². The summed E-state index contributed by atoms with van der Waals surface area (Å²) in [5, 5.41) is 1.49. The lowest BCUT2D eigenvalue weighted by Crippen LogP contribution is -2.64. The van der Waals surface area contributed by atoms with Gasteiger partial charge in [0.25, 0.3) is 0 Å². The number of fused-ring (bicyclic) bond motifs is 4. The fraction of sp³-hybridized carbons (Fsp3) is 0.429. The van der Waals surface area contributed by atoms with E-state index in [0.717, 1.165) is 27.5 Å². The zero-order valence-electron chi connectivity index (χ0n) is 32.6. The Morgan fingerprint density at radius 2 is 1.36 bits per heavy atom. The molecule has 13 heteroatoms. The van der Waals surface area contributed by atoms with Crippen LogP contribution in [0.2, 0.25) is 0 Å².